The van der Waals surface area contributed by atoms with E-state index < -0.39 is 23.6 Å². The highest BCUT2D eigenvalue weighted by molar-refractivity contribution is 6.30. The lowest BCUT2D eigenvalue weighted by atomic mass is 10.0. The van der Waals surface area contributed by atoms with E-state index >= 15 is 0 Å². The molecule has 1 aromatic rings. The molecule has 0 radical (unpaired) electrons. The van der Waals surface area contributed by atoms with Crippen LogP contribution in [0.4, 0.5) is 9.18 Å². The zero-order chi connectivity index (χ0) is 19.1. The molecule has 7 heteroatoms. The normalized spacial score (nSPS) is 21.0. The number of carbonyl (C=O) groups is 2. The quantitative estimate of drug-likeness (QED) is 0.862. The third-order valence-electron chi connectivity index (χ3n) is 4.88. The Morgan fingerprint density at radius 3 is 2.69 bits per heavy atom. The third kappa shape index (κ3) is 4.11. The van der Waals surface area contributed by atoms with Crippen LogP contribution in [0, 0.1) is 11.2 Å². The number of likely N-dealkylation sites (tertiary alicyclic amines) is 1. The summed E-state index contributed by atoms with van der Waals surface area (Å²) in [6, 6.07) is 4.08. The van der Waals surface area contributed by atoms with Gasteiger partial charge in [0.2, 0.25) is 5.91 Å². The van der Waals surface area contributed by atoms with Crippen LogP contribution in [0.15, 0.2) is 18.2 Å². The van der Waals surface area contributed by atoms with Gasteiger partial charge in [-0.15, -0.1) is 0 Å². The summed E-state index contributed by atoms with van der Waals surface area (Å²) in [6.07, 6.45) is 2.17. The summed E-state index contributed by atoms with van der Waals surface area (Å²) >= 11 is 5.77. The molecule has 3 rings (SSSR count). The second-order valence-electron chi connectivity index (χ2n) is 8.26. The van der Waals surface area contributed by atoms with E-state index in [1.54, 1.807) is 32.9 Å². The number of hydrogen-bond donors (Lipinski definition) is 1. The summed E-state index contributed by atoms with van der Waals surface area (Å²) in [5, 5.41) is 2.75. The Balaban J connectivity index is 1.68. The van der Waals surface area contributed by atoms with Crippen molar-refractivity contribution in [3.63, 3.8) is 0 Å². The number of nitrogens with one attached hydrogen (secondary N) is 1. The lowest BCUT2D eigenvalue weighted by Crippen LogP contribution is -2.47. The number of nitrogens with zero attached hydrogens (tertiary/aromatic N) is 1. The maximum atomic E-state index is 14.0. The van der Waals surface area contributed by atoms with Crippen LogP contribution in [-0.2, 0) is 16.1 Å². The van der Waals surface area contributed by atoms with E-state index in [2.05, 4.69) is 5.32 Å². The van der Waals surface area contributed by atoms with Crippen molar-refractivity contribution in [1.29, 1.82) is 0 Å². The Kier molecular flexibility index (Phi) is 4.90. The van der Waals surface area contributed by atoms with Crippen molar-refractivity contribution in [2.75, 3.05) is 6.54 Å². The molecule has 142 valence electrons. The van der Waals surface area contributed by atoms with E-state index in [0.29, 0.717) is 18.5 Å². The Hall–Kier alpha value is -1.82. The van der Waals surface area contributed by atoms with Crippen molar-refractivity contribution in [3.05, 3.63) is 34.6 Å². The molecule has 1 aliphatic heterocycles. The number of halogens is 2. The molecule has 26 heavy (non-hydrogen) atoms. The fraction of sp³-hybridized carbons (Fsp3) is 0.579. The molecule has 5 nitrogen and oxygen atoms in total. The van der Waals surface area contributed by atoms with Crippen LogP contribution in [0.2, 0.25) is 5.02 Å². The molecule has 1 N–H and O–H groups in total. The topological polar surface area (TPSA) is 58.6 Å². The Morgan fingerprint density at radius 1 is 1.38 bits per heavy atom. The Morgan fingerprint density at radius 2 is 2.08 bits per heavy atom. The summed E-state index contributed by atoms with van der Waals surface area (Å²) in [6.45, 7) is 5.95. The maximum absolute atomic E-state index is 14.0. The first kappa shape index (κ1) is 19.0. The smallest absolute Gasteiger partial charge is 0.410 e. The van der Waals surface area contributed by atoms with Crippen molar-refractivity contribution in [3.8, 4) is 0 Å². The van der Waals surface area contributed by atoms with Crippen LogP contribution >= 0.6 is 11.6 Å². The van der Waals surface area contributed by atoms with Crippen LogP contribution < -0.4 is 5.32 Å². The lowest BCUT2D eigenvalue weighted by Gasteiger charge is -2.28. The van der Waals surface area contributed by atoms with Gasteiger partial charge in [-0.25, -0.2) is 9.18 Å². The molecular formula is C19H24ClFN2O3. The highest BCUT2D eigenvalue weighted by Crippen LogP contribution is 2.55. The average Bonchev–Trinajstić information content (AvgIpc) is 3.17. The van der Waals surface area contributed by atoms with Crippen LogP contribution in [0.5, 0.6) is 0 Å². The highest BCUT2D eigenvalue weighted by Gasteiger charge is 2.55. The molecule has 1 aromatic carbocycles. The molecule has 0 aromatic heterocycles. The van der Waals surface area contributed by atoms with E-state index in [0.717, 1.165) is 12.8 Å². The van der Waals surface area contributed by atoms with Crippen molar-refractivity contribution < 1.29 is 18.7 Å². The largest absolute Gasteiger partial charge is 0.444 e. The minimum absolute atomic E-state index is 0.0185. The van der Waals surface area contributed by atoms with E-state index in [-0.39, 0.29) is 22.9 Å². The fourth-order valence-corrected chi connectivity index (χ4v) is 3.52. The molecule has 2 aliphatic rings. The van der Waals surface area contributed by atoms with E-state index in [4.69, 9.17) is 16.3 Å². The maximum Gasteiger partial charge on any atom is 0.410 e. The number of benzene rings is 1. The fourth-order valence-electron chi connectivity index (χ4n) is 3.33. The van der Waals surface area contributed by atoms with E-state index in [9.17, 15) is 14.0 Å². The number of carbonyl (C=O) groups excluding carboxylic acids is 2. The predicted octanol–water partition coefficient (Wildman–Crippen LogP) is 3.88. The minimum Gasteiger partial charge on any atom is -0.444 e. The molecule has 1 unspecified atom stereocenters. The van der Waals surface area contributed by atoms with Crippen LogP contribution in [0.3, 0.4) is 0 Å². The molecule has 1 aliphatic carbocycles. The van der Waals surface area contributed by atoms with Crippen molar-refractivity contribution >= 4 is 23.6 Å². The first-order valence-corrected chi connectivity index (χ1v) is 9.18. The SMILES string of the molecule is CC(C)(C)OC(=O)N1CC2(CC2)CC1C(=O)NCc1cccc(Cl)c1F. The Bertz CT molecular complexity index is 728. The Labute approximate surface area is 157 Å². The molecule has 1 spiro atoms. The van der Waals surface area contributed by atoms with Gasteiger partial charge in [-0.2, -0.15) is 0 Å². The number of hydrogen-bond acceptors (Lipinski definition) is 3. The van der Waals surface area contributed by atoms with Crippen molar-refractivity contribution in [2.24, 2.45) is 5.41 Å². The van der Waals surface area contributed by atoms with Gasteiger partial charge in [-0.05, 0) is 51.5 Å². The zero-order valence-electron chi connectivity index (χ0n) is 15.3. The molecule has 0 bridgehead atoms. The van der Waals surface area contributed by atoms with Crippen LogP contribution in [0.25, 0.3) is 0 Å². The van der Waals surface area contributed by atoms with Crippen LogP contribution in [-0.4, -0.2) is 35.1 Å². The van der Waals surface area contributed by atoms with Crippen LogP contribution in [0.1, 0.15) is 45.6 Å². The van der Waals surface area contributed by atoms with Crippen molar-refractivity contribution in [2.45, 2.75) is 58.2 Å². The number of ether oxygens (including phenoxy) is 1. The second kappa shape index (κ2) is 6.72. The third-order valence-corrected chi connectivity index (χ3v) is 5.17. The zero-order valence-corrected chi connectivity index (χ0v) is 16.0. The van der Waals surface area contributed by atoms with Gasteiger partial charge in [-0.3, -0.25) is 9.69 Å². The van der Waals surface area contributed by atoms with E-state index in [1.807, 2.05) is 0 Å². The first-order valence-electron chi connectivity index (χ1n) is 8.80. The van der Waals surface area contributed by atoms with Gasteiger partial charge < -0.3 is 10.1 Å². The average molecular weight is 383 g/mol. The van der Waals surface area contributed by atoms with E-state index in [1.165, 1.54) is 11.0 Å². The molecule has 1 saturated heterocycles. The standard InChI is InChI=1S/C19H24ClFN2O3/c1-18(2,3)26-17(25)23-11-19(7-8-19)9-14(23)16(24)22-10-12-5-4-6-13(20)15(12)21/h4-6,14H,7-11H2,1-3H3,(H,22,24). The predicted molar refractivity (Wildman–Crippen MR) is 96.3 cm³/mol. The lowest BCUT2D eigenvalue weighted by molar-refractivity contribution is -0.125. The summed E-state index contributed by atoms with van der Waals surface area (Å²) in [4.78, 5) is 26.7. The van der Waals surface area contributed by atoms with Gasteiger partial charge in [0.1, 0.15) is 17.5 Å². The highest BCUT2D eigenvalue weighted by atomic mass is 35.5. The summed E-state index contributed by atoms with van der Waals surface area (Å²) in [5.74, 6) is -0.831. The molecule has 1 atom stereocenters. The molecule has 1 heterocycles. The van der Waals surface area contributed by atoms with Gasteiger partial charge in [0.25, 0.3) is 0 Å². The summed E-state index contributed by atoms with van der Waals surface area (Å²) in [5.41, 5.74) is -0.268. The van der Waals surface area contributed by atoms with Gasteiger partial charge in [0.15, 0.2) is 0 Å². The summed E-state index contributed by atoms with van der Waals surface area (Å²) in [7, 11) is 0. The van der Waals surface area contributed by atoms with Gasteiger partial charge in [0, 0.05) is 18.7 Å². The first-order chi connectivity index (χ1) is 12.1. The molecule has 2 fully saturated rings. The molecule has 2 amide bonds. The number of rotatable bonds is 3. The van der Waals surface area contributed by atoms with Crippen molar-refractivity contribution in [1.82, 2.24) is 10.2 Å². The molecule has 1 saturated carbocycles. The summed E-state index contributed by atoms with van der Waals surface area (Å²) < 4.78 is 19.4. The molecular weight excluding hydrogens is 359 g/mol. The monoisotopic (exact) mass is 382 g/mol. The van der Waals surface area contributed by atoms with Gasteiger partial charge in [-0.1, -0.05) is 23.7 Å². The number of amides is 2. The second-order valence-corrected chi connectivity index (χ2v) is 8.67. The minimum atomic E-state index is -0.624. The van der Waals surface area contributed by atoms with Gasteiger partial charge in [0.05, 0.1) is 5.02 Å². The van der Waals surface area contributed by atoms with Gasteiger partial charge >= 0.3 is 6.09 Å².